The molecule has 1 unspecified atom stereocenters. The standard InChI is InChI=1S/C26H30ClN5O4/c1-34-15-16-36-26(33)32-13-9-21-22-17-19(27)5-8-23(22)31-24(21)25(32)18-3-6-20(7-4-18)35-14-2-11-29-30-12-10-28/h3-8,10,12,17,25,28-29,31H,2,9,11,13-16H2,1H3/b28-10?,30-12-. The van der Waals surface area contributed by atoms with Gasteiger partial charge in [0.15, 0.2) is 0 Å². The van der Waals surface area contributed by atoms with E-state index >= 15 is 0 Å². The summed E-state index contributed by atoms with van der Waals surface area (Å²) in [5.74, 6) is 0.746. The molecule has 0 saturated heterocycles. The van der Waals surface area contributed by atoms with Gasteiger partial charge in [-0.3, -0.25) is 4.90 Å². The zero-order valence-corrected chi connectivity index (χ0v) is 20.9. The minimum atomic E-state index is -0.377. The molecular weight excluding hydrogens is 482 g/mol. The maximum Gasteiger partial charge on any atom is 0.410 e. The number of nitrogens with one attached hydrogen (secondary N) is 3. The van der Waals surface area contributed by atoms with Crippen molar-refractivity contribution in [1.82, 2.24) is 15.3 Å². The van der Waals surface area contributed by atoms with Gasteiger partial charge in [0.1, 0.15) is 18.4 Å². The number of H-pyrrole nitrogens is 1. The fourth-order valence-corrected chi connectivity index (χ4v) is 4.51. The van der Waals surface area contributed by atoms with E-state index in [1.807, 2.05) is 42.5 Å². The summed E-state index contributed by atoms with van der Waals surface area (Å²) >= 11 is 6.28. The predicted octanol–water partition coefficient (Wildman–Crippen LogP) is 4.55. The molecule has 9 nitrogen and oxygen atoms in total. The SMILES string of the molecule is COCCOC(=O)N1CCc2c([nH]c3ccc(Cl)cc23)C1c1ccc(OCCCN/N=C\C=N)cc1. The first kappa shape index (κ1) is 25.5. The Labute approximate surface area is 214 Å². The third-order valence-corrected chi connectivity index (χ3v) is 6.21. The fraction of sp³-hybridized carbons (Fsp3) is 0.346. The van der Waals surface area contributed by atoms with Crippen LogP contribution in [0.4, 0.5) is 4.79 Å². The summed E-state index contributed by atoms with van der Waals surface area (Å²) in [7, 11) is 1.58. The van der Waals surface area contributed by atoms with Gasteiger partial charge in [0, 0.05) is 54.5 Å². The van der Waals surface area contributed by atoms with Crippen LogP contribution >= 0.6 is 11.6 Å². The predicted molar refractivity (Wildman–Crippen MR) is 141 cm³/mol. The number of carbonyl (C=O) groups is 1. The van der Waals surface area contributed by atoms with Crippen LogP contribution in [0.3, 0.4) is 0 Å². The zero-order valence-electron chi connectivity index (χ0n) is 20.1. The number of carbonyl (C=O) groups excluding carboxylic acids is 1. The molecule has 3 aromatic rings. The molecule has 0 fully saturated rings. The van der Waals surface area contributed by atoms with Crippen LogP contribution in [0.1, 0.15) is 29.3 Å². The maximum absolute atomic E-state index is 13.0. The Morgan fingerprint density at radius 3 is 2.86 bits per heavy atom. The number of methoxy groups -OCH3 is 1. The van der Waals surface area contributed by atoms with Crippen molar-refractivity contribution in [3.8, 4) is 5.75 Å². The monoisotopic (exact) mass is 511 g/mol. The van der Waals surface area contributed by atoms with Gasteiger partial charge in [-0.25, -0.2) is 4.79 Å². The van der Waals surface area contributed by atoms with Crippen molar-refractivity contribution in [2.24, 2.45) is 5.10 Å². The van der Waals surface area contributed by atoms with Gasteiger partial charge in [-0.1, -0.05) is 23.7 Å². The number of benzene rings is 2. The number of aromatic amines is 1. The van der Waals surface area contributed by atoms with E-state index in [4.69, 9.17) is 31.2 Å². The Kier molecular flexibility index (Phi) is 8.80. The normalized spacial score (nSPS) is 15.2. The van der Waals surface area contributed by atoms with E-state index in [9.17, 15) is 4.79 Å². The van der Waals surface area contributed by atoms with Gasteiger partial charge >= 0.3 is 6.09 Å². The lowest BCUT2D eigenvalue weighted by Crippen LogP contribution is -2.41. The van der Waals surface area contributed by atoms with Gasteiger partial charge in [0.05, 0.1) is 19.4 Å². The summed E-state index contributed by atoms with van der Waals surface area (Å²) < 4.78 is 16.4. The average molecular weight is 512 g/mol. The molecule has 1 aliphatic heterocycles. The molecule has 0 radical (unpaired) electrons. The van der Waals surface area contributed by atoms with E-state index in [-0.39, 0.29) is 18.7 Å². The quantitative estimate of drug-likeness (QED) is 0.199. The van der Waals surface area contributed by atoms with Crippen molar-refractivity contribution < 1.29 is 19.0 Å². The Hall–Kier alpha value is -3.56. The minimum absolute atomic E-state index is 0.196. The first-order chi connectivity index (χ1) is 17.6. The molecule has 0 aliphatic carbocycles. The number of ether oxygens (including phenoxy) is 3. The molecule has 190 valence electrons. The van der Waals surface area contributed by atoms with Crippen LogP contribution in [0.2, 0.25) is 5.02 Å². The van der Waals surface area contributed by atoms with Gasteiger partial charge in [0.25, 0.3) is 0 Å². The molecule has 2 aromatic carbocycles. The van der Waals surface area contributed by atoms with Crippen molar-refractivity contribution in [3.63, 3.8) is 0 Å². The lowest BCUT2D eigenvalue weighted by Gasteiger charge is -2.35. The minimum Gasteiger partial charge on any atom is -0.494 e. The second kappa shape index (κ2) is 12.4. The molecule has 0 spiro atoms. The number of halogens is 1. The number of hydrazone groups is 1. The topological polar surface area (TPSA) is 112 Å². The molecule has 36 heavy (non-hydrogen) atoms. The Balaban J connectivity index is 1.54. The number of fused-ring (bicyclic) bond motifs is 3. The summed E-state index contributed by atoms with van der Waals surface area (Å²) in [6, 6.07) is 13.3. The number of hydrogen-bond donors (Lipinski definition) is 3. The number of nitrogens with zero attached hydrogens (tertiary/aromatic N) is 2. The molecule has 1 atom stereocenters. The molecule has 0 bridgehead atoms. The van der Waals surface area contributed by atoms with Crippen LogP contribution in [-0.4, -0.2) is 68.4 Å². The summed E-state index contributed by atoms with van der Waals surface area (Å²) in [5.41, 5.74) is 6.92. The smallest absolute Gasteiger partial charge is 0.410 e. The second-order valence-corrected chi connectivity index (χ2v) is 8.72. The van der Waals surface area contributed by atoms with Crippen molar-refractivity contribution >= 4 is 41.0 Å². The summed E-state index contributed by atoms with van der Waals surface area (Å²) in [5, 5.41) is 12.5. The summed E-state index contributed by atoms with van der Waals surface area (Å²) in [6.07, 6.45) is 3.59. The van der Waals surface area contributed by atoms with E-state index in [2.05, 4.69) is 15.5 Å². The highest BCUT2D eigenvalue weighted by Crippen LogP contribution is 2.39. The maximum atomic E-state index is 13.0. The molecule has 0 saturated carbocycles. The molecule has 4 rings (SSSR count). The van der Waals surface area contributed by atoms with Crippen LogP contribution in [0, 0.1) is 5.41 Å². The first-order valence-electron chi connectivity index (χ1n) is 11.8. The number of aromatic nitrogens is 1. The summed E-state index contributed by atoms with van der Waals surface area (Å²) in [6.45, 7) is 2.24. The van der Waals surface area contributed by atoms with Crippen LogP contribution in [0.25, 0.3) is 10.9 Å². The Morgan fingerprint density at radius 2 is 2.08 bits per heavy atom. The number of rotatable bonds is 11. The molecule has 10 heteroatoms. The van der Waals surface area contributed by atoms with Crippen LogP contribution in [-0.2, 0) is 15.9 Å². The van der Waals surface area contributed by atoms with Gasteiger partial charge in [0.2, 0.25) is 0 Å². The second-order valence-electron chi connectivity index (χ2n) is 8.28. The third kappa shape index (κ3) is 5.98. The van der Waals surface area contributed by atoms with Gasteiger partial charge < -0.3 is 30.0 Å². The third-order valence-electron chi connectivity index (χ3n) is 5.97. The van der Waals surface area contributed by atoms with Crippen LogP contribution < -0.4 is 10.2 Å². The fourth-order valence-electron chi connectivity index (χ4n) is 4.34. The van der Waals surface area contributed by atoms with E-state index in [0.29, 0.717) is 37.7 Å². The van der Waals surface area contributed by atoms with Crippen molar-refractivity contribution in [1.29, 1.82) is 5.41 Å². The van der Waals surface area contributed by atoms with E-state index in [1.165, 1.54) is 6.21 Å². The molecule has 1 aromatic heterocycles. The van der Waals surface area contributed by atoms with Gasteiger partial charge in [-0.05, 0) is 47.9 Å². The lowest BCUT2D eigenvalue weighted by atomic mass is 9.92. The lowest BCUT2D eigenvalue weighted by molar-refractivity contribution is 0.0629. The highest BCUT2D eigenvalue weighted by Gasteiger charge is 2.35. The molecule has 3 N–H and O–H groups in total. The van der Waals surface area contributed by atoms with Crippen LogP contribution in [0.5, 0.6) is 5.75 Å². The van der Waals surface area contributed by atoms with Gasteiger partial charge in [-0.2, -0.15) is 5.10 Å². The van der Waals surface area contributed by atoms with E-state index < -0.39 is 0 Å². The Bertz CT molecular complexity index is 1210. The number of hydrogen-bond acceptors (Lipinski definition) is 7. The van der Waals surface area contributed by atoms with Gasteiger partial charge in [-0.15, -0.1) is 0 Å². The number of amides is 1. The molecular formula is C26H30ClN5O4. The molecule has 1 aliphatic rings. The zero-order chi connectivity index (χ0) is 25.3. The first-order valence-corrected chi connectivity index (χ1v) is 12.2. The van der Waals surface area contributed by atoms with E-state index in [0.717, 1.165) is 46.1 Å². The van der Waals surface area contributed by atoms with Crippen LogP contribution in [0.15, 0.2) is 47.6 Å². The Morgan fingerprint density at radius 1 is 1.25 bits per heavy atom. The highest BCUT2D eigenvalue weighted by atomic mass is 35.5. The average Bonchev–Trinajstić information content (AvgIpc) is 3.26. The molecule has 2 heterocycles. The van der Waals surface area contributed by atoms with Crippen molar-refractivity contribution in [3.05, 3.63) is 64.3 Å². The van der Waals surface area contributed by atoms with E-state index in [1.54, 1.807) is 12.0 Å². The van der Waals surface area contributed by atoms with Crippen molar-refractivity contribution in [2.45, 2.75) is 18.9 Å². The largest absolute Gasteiger partial charge is 0.494 e. The van der Waals surface area contributed by atoms with Crippen molar-refractivity contribution in [2.75, 3.05) is 40.0 Å². The summed E-state index contributed by atoms with van der Waals surface area (Å²) in [4.78, 5) is 18.3. The highest BCUT2D eigenvalue weighted by molar-refractivity contribution is 6.31. The molecule has 1 amide bonds.